The number of hydrogen-bond donors (Lipinski definition) is 2. The molecule has 1 amide bonds. The van der Waals surface area contributed by atoms with Gasteiger partial charge in [0.15, 0.2) is 0 Å². The Morgan fingerprint density at radius 1 is 1.43 bits per heavy atom. The van der Waals surface area contributed by atoms with Gasteiger partial charge in [0.1, 0.15) is 6.04 Å². The number of allylic oxidation sites excluding steroid dienone is 1. The Bertz CT molecular complexity index is 533. The van der Waals surface area contributed by atoms with Crippen LogP contribution in [-0.4, -0.2) is 28.3 Å². The Kier molecular flexibility index (Phi) is 7.32. The molecule has 2 unspecified atom stereocenters. The highest BCUT2D eigenvalue weighted by Crippen LogP contribution is 2.30. The SMILES string of the molecule is C/C=C/CC(NC(=O)C(C)Sc1ccccc1Cl)C(=O)O. The number of carbonyl (C=O) groups is 2. The van der Waals surface area contributed by atoms with Crippen molar-refractivity contribution in [2.75, 3.05) is 0 Å². The zero-order chi connectivity index (χ0) is 15.8. The molecule has 21 heavy (non-hydrogen) atoms. The Morgan fingerprint density at radius 3 is 2.67 bits per heavy atom. The number of aliphatic carboxylic acids is 1. The summed E-state index contributed by atoms with van der Waals surface area (Å²) in [5, 5.41) is 11.8. The van der Waals surface area contributed by atoms with E-state index in [0.717, 1.165) is 4.90 Å². The molecule has 4 nitrogen and oxygen atoms in total. The number of rotatable bonds is 7. The predicted octanol–water partition coefficient (Wildman–Crippen LogP) is 3.36. The van der Waals surface area contributed by atoms with Crippen molar-refractivity contribution in [1.29, 1.82) is 0 Å². The van der Waals surface area contributed by atoms with Gasteiger partial charge in [-0.15, -0.1) is 11.8 Å². The first kappa shape index (κ1) is 17.6. The monoisotopic (exact) mass is 327 g/mol. The first-order valence-electron chi connectivity index (χ1n) is 6.51. The van der Waals surface area contributed by atoms with Crippen LogP contribution in [0.5, 0.6) is 0 Å². The van der Waals surface area contributed by atoms with E-state index < -0.39 is 17.3 Å². The maximum Gasteiger partial charge on any atom is 0.326 e. The van der Waals surface area contributed by atoms with Crippen molar-refractivity contribution < 1.29 is 14.7 Å². The second-order valence-electron chi connectivity index (χ2n) is 4.39. The molecule has 0 saturated heterocycles. The van der Waals surface area contributed by atoms with Crippen molar-refractivity contribution in [3.8, 4) is 0 Å². The lowest BCUT2D eigenvalue weighted by molar-refractivity contribution is -0.141. The zero-order valence-electron chi connectivity index (χ0n) is 11.9. The van der Waals surface area contributed by atoms with Crippen LogP contribution in [0.4, 0.5) is 0 Å². The molecule has 2 atom stereocenters. The van der Waals surface area contributed by atoms with Gasteiger partial charge in [-0.1, -0.05) is 35.9 Å². The van der Waals surface area contributed by atoms with E-state index in [4.69, 9.17) is 16.7 Å². The van der Waals surface area contributed by atoms with Crippen molar-refractivity contribution in [1.82, 2.24) is 5.32 Å². The first-order valence-corrected chi connectivity index (χ1v) is 7.77. The Morgan fingerprint density at radius 2 is 2.10 bits per heavy atom. The zero-order valence-corrected chi connectivity index (χ0v) is 13.4. The maximum absolute atomic E-state index is 12.1. The number of hydrogen-bond acceptors (Lipinski definition) is 3. The molecule has 1 aromatic rings. The molecule has 6 heteroatoms. The molecule has 0 bridgehead atoms. The van der Waals surface area contributed by atoms with E-state index in [9.17, 15) is 9.59 Å². The third-order valence-electron chi connectivity index (χ3n) is 2.73. The van der Waals surface area contributed by atoms with Crippen LogP contribution < -0.4 is 5.32 Å². The summed E-state index contributed by atoms with van der Waals surface area (Å²) in [4.78, 5) is 24.0. The molecule has 114 valence electrons. The lowest BCUT2D eigenvalue weighted by Crippen LogP contribution is -2.43. The third kappa shape index (κ3) is 5.81. The van der Waals surface area contributed by atoms with Crippen LogP contribution in [0.1, 0.15) is 20.3 Å². The van der Waals surface area contributed by atoms with E-state index >= 15 is 0 Å². The summed E-state index contributed by atoms with van der Waals surface area (Å²) in [7, 11) is 0. The molecule has 0 radical (unpaired) electrons. The van der Waals surface area contributed by atoms with Gasteiger partial charge in [0.05, 0.1) is 10.3 Å². The first-order chi connectivity index (χ1) is 9.95. The number of nitrogens with one attached hydrogen (secondary N) is 1. The lowest BCUT2D eigenvalue weighted by Gasteiger charge is -2.17. The van der Waals surface area contributed by atoms with Gasteiger partial charge < -0.3 is 10.4 Å². The topological polar surface area (TPSA) is 66.4 Å². The summed E-state index contributed by atoms with van der Waals surface area (Å²) in [6.45, 7) is 3.52. The molecule has 0 spiro atoms. The fraction of sp³-hybridized carbons (Fsp3) is 0.333. The highest BCUT2D eigenvalue weighted by molar-refractivity contribution is 8.00. The van der Waals surface area contributed by atoms with Gasteiger partial charge in [-0.2, -0.15) is 0 Å². The average molecular weight is 328 g/mol. The number of amides is 1. The molecule has 2 N–H and O–H groups in total. The molecule has 1 rings (SSSR count). The smallest absolute Gasteiger partial charge is 0.326 e. The van der Waals surface area contributed by atoms with E-state index in [-0.39, 0.29) is 12.3 Å². The average Bonchev–Trinajstić information content (AvgIpc) is 2.45. The minimum Gasteiger partial charge on any atom is -0.480 e. The van der Waals surface area contributed by atoms with Gasteiger partial charge in [-0.25, -0.2) is 4.79 Å². The summed E-state index contributed by atoms with van der Waals surface area (Å²) in [5.41, 5.74) is 0. The van der Waals surface area contributed by atoms with Crippen molar-refractivity contribution in [2.45, 2.75) is 36.5 Å². The molecule has 0 aromatic heterocycles. The van der Waals surface area contributed by atoms with Crippen LogP contribution in [0, 0.1) is 0 Å². The van der Waals surface area contributed by atoms with Gasteiger partial charge in [-0.05, 0) is 32.4 Å². The molecule has 0 saturated carbocycles. The van der Waals surface area contributed by atoms with E-state index in [0.29, 0.717) is 5.02 Å². The highest BCUT2D eigenvalue weighted by atomic mass is 35.5. The van der Waals surface area contributed by atoms with Crippen molar-refractivity contribution in [3.63, 3.8) is 0 Å². The van der Waals surface area contributed by atoms with Crippen LogP contribution >= 0.6 is 23.4 Å². The predicted molar refractivity (Wildman–Crippen MR) is 85.8 cm³/mol. The Labute approximate surface area is 133 Å². The van der Waals surface area contributed by atoms with Crippen LogP contribution in [-0.2, 0) is 9.59 Å². The van der Waals surface area contributed by atoms with Crippen molar-refractivity contribution in [2.24, 2.45) is 0 Å². The van der Waals surface area contributed by atoms with E-state index in [2.05, 4.69) is 5.32 Å². The number of carbonyl (C=O) groups excluding carboxylic acids is 1. The largest absolute Gasteiger partial charge is 0.480 e. The van der Waals surface area contributed by atoms with Crippen LogP contribution in [0.3, 0.4) is 0 Å². The fourth-order valence-electron chi connectivity index (χ4n) is 1.57. The number of carboxylic acid groups (broad SMARTS) is 1. The van der Waals surface area contributed by atoms with Crippen LogP contribution in [0.25, 0.3) is 0 Å². The van der Waals surface area contributed by atoms with E-state index in [1.807, 2.05) is 18.2 Å². The minimum absolute atomic E-state index is 0.265. The second-order valence-corrected chi connectivity index (χ2v) is 6.18. The third-order valence-corrected chi connectivity index (χ3v) is 4.35. The molecular formula is C15H18ClNO3S. The fourth-order valence-corrected chi connectivity index (χ4v) is 2.73. The number of carboxylic acids is 1. The summed E-state index contributed by atoms with van der Waals surface area (Å²) < 4.78 is 0. The van der Waals surface area contributed by atoms with Crippen molar-refractivity contribution in [3.05, 3.63) is 41.4 Å². The van der Waals surface area contributed by atoms with Gasteiger partial charge in [-0.3, -0.25) is 4.79 Å². The minimum atomic E-state index is -1.05. The standard InChI is InChI=1S/C15H18ClNO3S/c1-3-4-8-12(15(19)20)17-14(18)10(2)21-13-9-6-5-7-11(13)16/h3-7,9-10,12H,8H2,1-2H3,(H,17,18)(H,19,20)/b4-3+. The molecule has 1 aromatic carbocycles. The molecular weight excluding hydrogens is 310 g/mol. The molecule has 0 aliphatic rings. The van der Waals surface area contributed by atoms with Crippen LogP contribution in [0.2, 0.25) is 5.02 Å². The van der Waals surface area contributed by atoms with E-state index in [1.54, 1.807) is 32.1 Å². The summed E-state index contributed by atoms with van der Waals surface area (Å²) in [6, 6.07) is 6.31. The Hall–Kier alpha value is -1.46. The Balaban J connectivity index is 2.65. The normalized spacial score (nSPS) is 13.9. The summed E-state index contributed by atoms with van der Waals surface area (Å²) in [6.07, 6.45) is 3.73. The lowest BCUT2D eigenvalue weighted by atomic mass is 10.2. The summed E-state index contributed by atoms with van der Waals surface area (Å²) in [5.74, 6) is -1.37. The molecule has 0 aliphatic carbocycles. The van der Waals surface area contributed by atoms with Gasteiger partial charge >= 0.3 is 5.97 Å². The number of thioether (sulfide) groups is 1. The van der Waals surface area contributed by atoms with Gasteiger partial charge in [0, 0.05) is 4.90 Å². The van der Waals surface area contributed by atoms with Gasteiger partial charge in [0.25, 0.3) is 0 Å². The van der Waals surface area contributed by atoms with Crippen LogP contribution in [0.15, 0.2) is 41.3 Å². The highest BCUT2D eigenvalue weighted by Gasteiger charge is 2.22. The second kappa shape index (κ2) is 8.74. The molecule has 0 aliphatic heterocycles. The molecule has 0 heterocycles. The number of halogens is 1. The van der Waals surface area contributed by atoms with Crippen molar-refractivity contribution >= 4 is 35.2 Å². The molecule has 0 fully saturated rings. The van der Waals surface area contributed by atoms with E-state index in [1.165, 1.54) is 11.8 Å². The number of benzene rings is 1. The van der Waals surface area contributed by atoms with Gasteiger partial charge in [0.2, 0.25) is 5.91 Å². The summed E-state index contributed by atoms with van der Waals surface area (Å²) >= 11 is 7.34. The maximum atomic E-state index is 12.1. The quantitative estimate of drug-likeness (QED) is 0.595.